The third-order valence-electron chi connectivity index (χ3n) is 2.40. The highest BCUT2D eigenvalue weighted by molar-refractivity contribution is 6.32. The van der Waals surface area contributed by atoms with E-state index < -0.39 is 16.5 Å². The van der Waals surface area contributed by atoms with E-state index in [1.54, 1.807) is 14.1 Å². The predicted octanol–water partition coefficient (Wildman–Crippen LogP) is 0.644. The van der Waals surface area contributed by atoms with Crippen molar-refractivity contribution in [1.29, 1.82) is 0 Å². The molecule has 0 aliphatic heterocycles. The van der Waals surface area contributed by atoms with E-state index in [2.05, 4.69) is 15.6 Å². The second-order valence-electron chi connectivity index (χ2n) is 4.14. The van der Waals surface area contributed by atoms with E-state index in [1.165, 1.54) is 17.2 Å². The number of nitro groups is 1. The van der Waals surface area contributed by atoms with Crippen LogP contribution in [-0.2, 0) is 0 Å². The molecule has 1 aromatic heterocycles. The fourth-order valence-corrected chi connectivity index (χ4v) is 1.61. The summed E-state index contributed by atoms with van der Waals surface area (Å²) in [5.74, 6) is -0.662. The van der Waals surface area contributed by atoms with Gasteiger partial charge in [-0.15, -0.1) is 0 Å². The van der Waals surface area contributed by atoms with Crippen LogP contribution in [0, 0.1) is 10.1 Å². The van der Waals surface area contributed by atoms with Crippen LogP contribution in [0.2, 0.25) is 5.15 Å². The molecule has 0 aromatic carbocycles. The molecule has 0 saturated carbocycles. The molecule has 1 rings (SSSR count). The van der Waals surface area contributed by atoms with E-state index >= 15 is 0 Å². The lowest BCUT2D eigenvalue weighted by Crippen LogP contribution is -2.39. The summed E-state index contributed by atoms with van der Waals surface area (Å²) in [6, 6.07) is 0.903. The molecule has 0 unspecified atom stereocenters. The summed E-state index contributed by atoms with van der Waals surface area (Å²) >= 11 is 5.61. The summed E-state index contributed by atoms with van der Waals surface area (Å²) in [6.45, 7) is 0.310. The van der Waals surface area contributed by atoms with E-state index in [4.69, 9.17) is 11.6 Å². The maximum Gasteiger partial charge on any atom is 0.319 e. The van der Waals surface area contributed by atoms with Gasteiger partial charge in [0.1, 0.15) is 5.56 Å². The minimum atomic E-state index is -0.766. The Morgan fingerprint density at radius 3 is 2.57 bits per heavy atom. The van der Waals surface area contributed by atoms with Crippen LogP contribution in [0.4, 0.5) is 10.5 Å². The summed E-state index contributed by atoms with van der Waals surface area (Å²) in [6.07, 6.45) is 1.21. The van der Waals surface area contributed by atoms with E-state index in [0.29, 0.717) is 0 Å². The minimum absolute atomic E-state index is 0.121. The molecule has 1 heterocycles. The highest BCUT2D eigenvalue weighted by atomic mass is 35.5. The van der Waals surface area contributed by atoms with Crippen LogP contribution in [-0.4, -0.2) is 53.9 Å². The van der Waals surface area contributed by atoms with Crippen molar-refractivity contribution in [2.24, 2.45) is 0 Å². The Kier molecular flexibility index (Phi) is 5.85. The topological polar surface area (TPSA) is 117 Å². The summed E-state index contributed by atoms with van der Waals surface area (Å²) in [7, 11) is 3.16. The first-order chi connectivity index (χ1) is 9.84. The first kappa shape index (κ1) is 16.6. The number of amides is 3. The lowest BCUT2D eigenvalue weighted by atomic mass is 10.2. The molecule has 2 N–H and O–H groups in total. The number of hydrogen-bond donors (Lipinski definition) is 2. The number of nitrogens with zero attached hydrogens (tertiary/aromatic N) is 3. The van der Waals surface area contributed by atoms with Crippen LogP contribution < -0.4 is 10.6 Å². The molecular weight excluding hydrogens is 302 g/mol. The van der Waals surface area contributed by atoms with Crippen LogP contribution in [0.3, 0.4) is 0 Å². The molecule has 0 fully saturated rings. The SMILES string of the molecule is CN(C)C(=O)NCCNC(=O)c1ccnc(Cl)c1[N+](=O)[O-]. The van der Waals surface area contributed by atoms with Gasteiger partial charge in [0.15, 0.2) is 0 Å². The summed E-state index contributed by atoms with van der Waals surface area (Å²) in [5, 5.41) is 15.5. The number of nitrogens with one attached hydrogen (secondary N) is 2. The van der Waals surface area contributed by atoms with Crippen molar-refractivity contribution in [2.75, 3.05) is 27.2 Å². The van der Waals surface area contributed by atoms with Crippen molar-refractivity contribution in [1.82, 2.24) is 20.5 Å². The first-order valence-corrected chi connectivity index (χ1v) is 6.24. The number of halogens is 1. The molecule has 0 aliphatic rings. The highest BCUT2D eigenvalue weighted by Gasteiger charge is 2.24. The fourth-order valence-electron chi connectivity index (χ4n) is 1.38. The molecule has 114 valence electrons. The summed E-state index contributed by atoms with van der Waals surface area (Å²) < 4.78 is 0. The number of urea groups is 1. The number of carbonyl (C=O) groups excluding carboxylic acids is 2. The summed E-state index contributed by atoms with van der Waals surface area (Å²) in [5.41, 5.74) is -0.729. The number of carbonyl (C=O) groups is 2. The zero-order valence-corrected chi connectivity index (χ0v) is 12.2. The van der Waals surface area contributed by atoms with Crippen molar-refractivity contribution in [3.8, 4) is 0 Å². The third-order valence-corrected chi connectivity index (χ3v) is 2.68. The number of pyridine rings is 1. The van der Waals surface area contributed by atoms with Gasteiger partial charge in [-0.25, -0.2) is 9.78 Å². The normalized spacial score (nSPS) is 9.86. The molecule has 0 saturated heterocycles. The van der Waals surface area contributed by atoms with Crippen LogP contribution in [0.5, 0.6) is 0 Å². The number of aromatic nitrogens is 1. The molecule has 0 bridgehead atoms. The monoisotopic (exact) mass is 315 g/mol. The van der Waals surface area contributed by atoms with Gasteiger partial charge in [-0.3, -0.25) is 14.9 Å². The Morgan fingerprint density at radius 2 is 2.00 bits per heavy atom. The Balaban J connectivity index is 2.63. The minimum Gasteiger partial charge on any atom is -0.350 e. The molecule has 0 aliphatic carbocycles. The second-order valence-corrected chi connectivity index (χ2v) is 4.50. The van der Waals surface area contributed by atoms with E-state index in [-0.39, 0.29) is 29.8 Å². The molecule has 1 aromatic rings. The van der Waals surface area contributed by atoms with Gasteiger partial charge in [0.2, 0.25) is 5.15 Å². The van der Waals surface area contributed by atoms with Gasteiger partial charge in [0.05, 0.1) is 4.92 Å². The predicted molar refractivity (Wildman–Crippen MR) is 75.3 cm³/mol. The lowest BCUT2D eigenvalue weighted by Gasteiger charge is -2.12. The third kappa shape index (κ3) is 4.56. The van der Waals surface area contributed by atoms with Crippen molar-refractivity contribution in [3.05, 3.63) is 33.1 Å². The molecular formula is C11H14ClN5O4. The average molecular weight is 316 g/mol. The maximum atomic E-state index is 11.9. The van der Waals surface area contributed by atoms with Gasteiger partial charge >= 0.3 is 11.7 Å². The quantitative estimate of drug-likeness (QED) is 0.358. The van der Waals surface area contributed by atoms with Crippen molar-refractivity contribution < 1.29 is 14.5 Å². The van der Waals surface area contributed by atoms with Gasteiger partial charge < -0.3 is 15.5 Å². The van der Waals surface area contributed by atoms with Gasteiger partial charge in [-0.2, -0.15) is 0 Å². The van der Waals surface area contributed by atoms with Crippen LogP contribution in [0.1, 0.15) is 10.4 Å². The van der Waals surface area contributed by atoms with Crippen molar-refractivity contribution >= 4 is 29.2 Å². The standard InChI is InChI=1S/C11H14ClN5O4/c1-16(2)11(19)15-6-5-14-10(18)7-3-4-13-9(12)8(7)17(20)21/h3-4H,5-6H2,1-2H3,(H,14,18)(H,15,19). The smallest absolute Gasteiger partial charge is 0.319 e. The van der Waals surface area contributed by atoms with E-state index in [1.807, 2.05) is 0 Å². The van der Waals surface area contributed by atoms with Crippen LogP contribution in [0.15, 0.2) is 12.3 Å². The average Bonchev–Trinajstić information content (AvgIpc) is 2.42. The molecule has 9 nitrogen and oxygen atoms in total. The van der Waals surface area contributed by atoms with Crippen molar-refractivity contribution in [3.63, 3.8) is 0 Å². The molecule has 0 spiro atoms. The van der Waals surface area contributed by atoms with Crippen LogP contribution in [0.25, 0.3) is 0 Å². The Morgan fingerprint density at radius 1 is 1.38 bits per heavy atom. The van der Waals surface area contributed by atoms with E-state index in [9.17, 15) is 19.7 Å². The highest BCUT2D eigenvalue weighted by Crippen LogP contribution is 2.25. The Labute approximate surface area is 125 Å². The lowest BCUT2D eigenvalue weighted by molar-refractivity contribution is -0.385. The van der Waals surface area contributed by atoms with Gasteiger partial charge in [0.25, 0.3) is 5.91 Å². The van der Waals surface area contributed by atoms with Crippen molar-refractivity contribution in [2.45, 2.75) is 0 Å². The number of hydrogen-bond acceptors (Lipinski definition) is 5. The van der Waals surface area contributed by atoms with E-state index in [0.717, 1.165) is 0 Å². The Hall–Kier alpha value is -2.42. The zero-order valence-electron chi connectivity index (χ0n) is 11.4. The molecule has 0 atom stereocenters. The molecule has 10 heteroatoms. The van der Waals surface area contributed by atoms with Crippen LogP contribution >= 0.6 is 11.6 Å². The Bertz CT molecular complexity index is 564. The molecule has 3 amide bonds. The van der Waals surface area contributed by atoms with Gasteiger partial charge in [-0.05, 0) is 6.07 Å². The molecule has 21 heavy (non-hydrogen) atoms. The maximum absolute atomic E-state index is 11.9. The summed E-state index contributed by atoms with van der Waals surface area (Å²) in [4.78, 5) is 38.1. The second kappa shape index (κ2) is 7.39. The fraction of sp³-hybridized carbons (Fsp3) is 0.364. The van der Waals surface area contributed by atoms with Gasteiger partial charge in [-0.1, -0.05) is 11.6 Å². The van der Waals surface area contributed by atoms with Gasteiger partial charge in [0, 0.05) is 33.4 Å². The largest absolute Gasteiger partial charge is 0.350 e. The first-order valence-electron chi connectivity index (χ1n) is 5.86. The molecule has 0 radical (unpaired) electrons. The zero-order chi connectivity index (χ0) is 16.0. The number of rotatable bonds is 5.